The summed E-state index contributed by atoms with van der Waals surface area (Å²) in [5, 5.41) is 14.2. The van der Waals surface area contributed by atoms with Crippen LogP contribution < -0.4 is 5.32 Å². The predicted molar refractivity (Wildman–Crippen MR) is 87.6 cm³/mol. The van der Waals surface area contributed by atoms with E-state index in [4.69, 9.17) is 0 Å². The third kappa shape index (κ3) is 5.34. The fraction of sp³-hybridized carbons (Fsp3) is 0.625. The Labute approximate surface area is 127 Å². The van der Waals surface area contributed by atoms with E-state index in [9.17, 15) is 10.1 Å². The molecule has 0 amide bonds. The highest BCUT2D eigenvalue weighted by Crippen LogP contribution is 2.26. The molecule has 5 heteroatoms. The van der Waals surface area contributed by atoms with Crippen LogP contribution in [-0.4, -0.2) is 29.5 Å². The van der Waals surface area contributed by atoms with Crippen LogP contribution in [0.1, 0.15) is 39.7 Å². The SMILES string of the molecule is CCNc1ccc(CN(C)C(C)CC(C)C)cc1[N+](=O)[O-]. The largest absolute Gasteiger partial charge is 0.380 e. The van der Waals surface area contributed by atoms with E-state index in [0.29, 0.717) is 24.2 Å². The molecule has 0 aliphatic heterocycles. The third-order valence-corrected chi connectivity index (χ3v) is 3.62. The lowest BCUT2D eigenvalue weighted by Crippen LogP contribution is -2.29. The zero-order chi connectivity index (χ0) is 16.0. The monoisotopic (exact) mass is 293 g/mol. The van der Waals surface area contributed by atoms with Crippen LogP contribution >= 0.6 is 0 Å². The lowest BCUT2D eigenvalue weighted by Gasteiger charge is -2.26. The number of nitrogens with zero attached hydrogens (tertiary/aromatic N) is 2. The molecule has 1 aromatic rings. The topological polar surface area (TPSA) is 58.4 Å². The van der Waals surface area contributed by atoms with Crippen molar-refractivity contribution in [1.29, 1.82) is 0 Å². The first-order valence-electron chi connectivity index (χ1n) is 7.56. The van der Waals surface area contributed by atoms with Crippen LogP contribution in [0.2, 0.25) is 0 Å². The summed E-state index contributed by atoms with van der Waals surface area (Å²) in [5.74, 6) is 0.646. The maximum Gasteiger partial charge on any atom is 0.292 e. The summed E-state index contributed by atoms with van der Waals surface area (Å²) in [6, 6.07) is 5.90. The second kappa shape index (κ2) is 7.98. The highest BCUT2D eigenvalue weighted by Gasteiger charge is 2.16. The summed E-state index contributed by atoms with van der Waals surface area (Å²) >= 11 is 0. The van der Waals surface area contributed by atoms with E-state index in [-0.39, 0.29) is 10.6 Å². The van der Waals surface area contributed by atoms with Crippen molar-refractivity contribution in [2.24, 2.45) is 5.92 Å². The molecule has 0 fully saturated rings. The van der Waals surface area contributed by atoms with E-state index in [1.807, 2.05) is 13.0 Å². The van der Waals surface area contributed by atoms with Gasteiger partial charge in [0.2, 0.25) is 0 Å². The van der Waals surface area contributed by atoms with E-state index < -0.39 is 0 Å². The molecule has 0 heterocycles. The molecule has 0 saturated heterocycles. The van der Waals surface area contributed by atoms with Gasteiger partial charge in [0, 0.05) is 25.2 Å². The van der Waals surface area contributed by atoms with E-state index in [1.165, 1.54) is 0 Å². The van der Waals surface area contributed by atoms with E-state index in [1.54, 1.807) is 12.1 Å². The van der Waals surface area contributed by atoms with Gasteiger partial charge in [-0.15, -0.1) is 0 Å². The lowest BCUT2D eigenvalue weighted by atomic mass is 10.0. The highest BCUT2D eigenvalue weighted by atomic mass is 16.6. The van der Waals surface area contributed by atoms with Gasteiger partial charge in [-0.25, -0.2) is 0 Å². The van der Waals surface area contributed by atoms with Crippen molar-refractivity contribution in [3.05, 3.63) is 33.9 Å². The quantitative estimate of drug-likeness (QED) is 0.583. The van der Waals surface area contributed by atoms with Crippen molar-refractivity contribution in [2.45, 2.75) is 46.7 Å². The Bertz CT molecular complexity index is 475. The third-order valence-electron chi connectivity index (χ3n) is 3.62. The van der Waals surface area contributed by atoms with Gasteiger partial charge < -0.3 is 5.32 Å². The van der Waals surface area contributed by atoms with Gasteiger partial charge in [0.05, 0.1) is 4.92 Å². The molecule has 1 N–H and O–H groups in total. The first-order chi connectivity index (χ1) is 9.85. The first kappa shape index (κ1) is 17.4. The van der Waals surface area contributed by atoms with E-state index >= 15 is 0 Å². The molecule has 0 radical (unpaired) electrons. The van der Waals surface area contributed by atoms with Crippen LogP contribution in [-0.2, 0) is 6.54 Å². The van der Waals surface area contributed by atoms with Crippen molar-refractivity contribution in [3.8, 4) is 0 Å². The Morgan fingerprint density at radius 2 is 2.00 bits per heavy atom. The summed E-state index contributed by atoms with van der Waals surface area (Å²) in [4.78, 5) is 13.1. The van der Waals surface area contributed by atoms with Crippen molar-refractivity contribution >= 4 is 11.4 Å². The van der Waals surface area contributed by atoms with Gasteiger partial charge in [-0.3, -0.25) is 15.0 Å². The van der Waals surface area contributed by atoms with Crippen molar-refractivity contribution in [2.75, 3.05) is 18.9 Å². The fourth-order valence-corrected chi connectivity index (χ4v) is 2.47. The molecule has 1 rings (SSSR count). The number of nitrogens with one attached hydrogen (secondary N) is 1. The number of anilines is 1. The van der Waals surface area contributed by atoms with Crippen LogP contribution in [0, 0.1) is 16.0 Å². The Morgan fingerprint density at radius 3 is 2.52 bits per heavy atom. The molecule has 0 aromatic heterocycles. The van der Waals surface area contributed by atoms with Crippen LogP contribution in [0.5, 0.6) is 0 Å². The molecular formula is C16H27N3O2. The predicted octanol–water partition coefficient (Wildman–Crippen LogP) is 3.89. The Morgan fingerprint density at radius 1 is 1.33 bits per heavy atom. The molecule has 0 aliphatic rings. The molecule has 0 bridgehead atoms. The van der Waals surface area contributed by atoms with Gasteiger partial charge in [0.15, 0.2) is 0 Å². The number of benzene rings is 1. The number of nitro benzene ring substituents is 1. The number of hydrogen-bond donors (Lipinski definition) is 1. The zero-order valence-electron chi connectivity index (χ0n) is 13.7. The van der Waals surface area contributed by atoms with Gasteiger partial charge in [0.1, 0.15) is 5.69 Å². The minimum Gasteiger partial charge on any atom is -0.380 e. The smallest absolute Gasteiger partial charge is 0.292 e. The fourth-order valence-electron chi connectivity index (χ4n) is 2.47. The second-order valence-corrected chi connectivity index (χ2v) is 6.03. The average Bonchev–Trinajstić information content (AvgIpc) is 2.39. The second-order valence-electron chi connectivity index (χ2n) is 6.03. The van der Waals surface area contributed by atoms with Gasteiger partial charge in [-0.1, -0.05) is 19.9 Å². The normalized spacial score (nSPS) is 12.7. The minimum atomic E-state index is -0.320. The number of rotatable bonds is 8. The van der Waals surface area contributed by atoms with Gasteiger partial charge in [-0.05, 0) is 44.9 Å². The molecule has 21 heavy (non-hydrogen) atoms. The van der Waals surface area contributed by atoms with Crippen molar-refractivity contribution < 1.29 is 4.92 Å². The molecule has 1 atom stereocenters. The van der Waals surface area contributed by atoms with Gasteiger partial charge in [0.25, 0.3) is 5.69 Å². The molecule has 118 valence electrons. The standard InChI is InChI=1S/C16H27N3O2/c1-6-17-15-8-7-14(10-16(15)19(20)21)11-18(5)13(4)9-12(2)3/h7-8,10,12-13,17H,6,9,11H2,1-5H3. The Hall–Kier alpha value is -1.62. The van der Waals surface area contributed by atoms with Crippen LogP contribution in [0.15, 0.2) is 18.2 Å². The summed E-state index contributed by atoms with van der Waals surface area (Å²) in [6.45, 7) is 9.94. The molecule has 1 unspecified atom stereocenters. The Kier molecular flexibility index (Phi) is 6.62. The first-order valence-corrected chi connectivity index (χ1v) is 7.56. The van der Waals surface area contributed by atoms with E-state index in [2.05, 4.69) is 38.0 Å². The zero-order valence-corrected chi connectivity index (χ0v) is 13.7. The summed E-state index contributed by atoms with van der Waals surface area (Å²) in [6.07, 6.45) is 1.12. The molecule has 0 aliphatic carbocycles. The molecule has 1 aromatic carbocycles. The van der Waals surface area contributed by atoms with Crippen LogP contribution in [0.25, 0.3) is 0 Å². The number of nitro groups is 1. The highest BCUT2D eigenvalue weighted by molar-refractivity contribution is 5.62. The Balaban J connectivity index is 2.84. The van der Waals surface area contributed by atoms with Gasteiger partial charge in [-0.2, -0.15) is 0 Å². The molecule has 0 spiro atoms. The molecular weight excluding hydrogens is 266 g/mol. The maximum atomic E-state index is 11.2. The van der Waals surface area contributed by atoms with Crippen LogP contribution in [0.4, 0.5) is 11.4 Å². The summed E-state index contributed by atoms with van der Waals surface area (Å²) in [7, 11) is 2.07. The molecule has 0 saturated carbocycles. The van der Waals surface area contributed by atoms with Crippen molar-refractivity contribution in [1.82, 2.24) is 4.90 Å². The average molecular weight is 293 g/mol. The number of hydrogen-bond acceptors (Lipinski definition) is 4. The molecule has 5 nitrogen and oxygen atoms in total. The van der Waals surface area contributed by atoms with Crippen LogP contribution in [0.3, 0.4) is 0 Å². The lowest BCUT2D eigenvalue weighted by molar-refractivity contribution is -0.384. The van der Waals surface area contributed by atoms with Gasteiger partial charge >= 0.3 is 0 Å². The van der Waals surface area contributed by atoms with Crippen molar-refractivity contribution in [3.63, 3.8) is 0 Å². The summed E-state index contributed by atoms with van der Waals surface area (Å²) < 4.78 is 0. The summed E-state index contributed by atoms with van der Waals surface area (Å²) in [5.41, 5.74) is 1.71. The minimum absolute atomic E-state index is 0.152. The van der Waals surface area contributed by atoms with E-state index in [0.717, 1.165) is 18.5 Å². The maximum absolute atomic E-state index is 11.2.